The highest BCUT2D eigenvalue weighted by Crippen LogP contribution is 2.31. The van der Waals surface area contributed by atoms with Crippen LogP contribution in [-0.4, -0.2) is 28.7 Å². The molecule has 1 aromatic rings. The third-order valence-corrected chi connectivity index (χ3v) is 3.81. The fraction of sp³-hybridized carbons (Fsp3) is 0.364. The lowest BCUT2D eigenvalue weighted by Gasteiger charge is -2.12. The largest absolute Gasteiger partial charge is 0.493 e. The number of halogens is 1. The van der Waals surface area contributed by atoms with Crippen molar-refractivity contribution in [1.29, 1.82) is 5.26 Å². The highest BCUT2D eigenvalue weighted by Gasteiger charge is 2.24. The van der Waals surface area contributed by atoms with E-state index in [1.165, 1.54) is 21.1 Å². The molecule has 0 saturated carbocycles. The van der Waals surface area contributed by atoms with Crippen LogP contribution in [0.2, 0.25) is 0 Å². The van der Waals surface area contributed by atoms with E-state index in [9.17, 15) is 12.8 Å². The first-order chi connectivity index (χ1) is 8.85. The van der Waals surface area contributed by atoms with Gasteiger partial charge >= 0.3 is 0 Å². The molecule has 1 rings (SSSR count). The molecule has 0 heterocycles. The van der Waals surface area contributed by atoms with Crippen molar-refractivity contribution in [3.8, 4) is 17.6 Å². The zero-order valence-electron chi connectivity index (χ0n) is 10.6. The maximum Gasteiger partial charge on any atom is 0.244 e. The van der Waals surface area contributed by atoms with Crippen LogP contribution in [0, 0.1) is 17.1 Å². The number of rotatable bonds is 5. The van der Waals surface area contributed by atoms with Gasteiger partial charge in [-0.15, -0.1) is 0 Å². The second kappa shape index (κ2) is 5.86. The van der Waals surface area contributed by atoms with Gasteiger partial charge in [0.05, 0.1) is 20.3 Å². The van der Waals surface area contributed by atoms with Crippen molar-refractivity contribution in [2.75, 3.05) is 14.2 Å². The van der Waals surface area contributed by atoms with E-state index in [1.54, 1.807) is 6.07 Å². The fourth-order valence-electron chi connectivity index (χ4n) is 1.36. The smallest absolute Gasteiger partial charge is 0.244 e. The van der Waals surface area contributed by atoms with Gasteiger partial charge in [-0.1, -0.05) is 0 Å². The van der Waals surface area contributed by atoms with E-state index in [-0.39, 0.29) is 11.5 Å². The number of nitriles is 1. The van der Waals surface area contributed by atoms with Crippen LogP contribution in [0.3, 0.4) is 0 Å². The van der Waals surface area contributed by atoms with Gasteiger partial charge in [-0.2, -0.15) is 9.98 Å². The van der Waals surface area contributed by atoms with Crippen LogP contribution in [0.1, 0.15) is 6.92 Å². The summed E-state index contributed by atoms with van der Waals surface area (Å²) in [4.78, 5) is -0.604. The first-order valence-corrected chi connectivity index (χ1v) is 6.67. The number of hydrogen-bond acceptors (Lipinski definition) is 5. The maximum atomic E-state index is 13.8. The van der Waals surface area contributed by atoms with Gasteiger partial charge in [0.15, 0.2) is 11.5 Å². The number of benzene rings is 1. The molecule has 6 nitrogen and oxygen atoms in total. The summed E-state index contributed by atoms with van der Waals surface area (Å²) < 4.78 is 49.3. The number of nitrogens with zero attached hydrogens (tertiary/aromatic N) is 1. The van der Waals surface area contributed by atoms with E-state index < -0.39 is 26.8 Å². The first kappa shape index (κ1) is 15.2. The molecule has 0 aliphatic carbocycles. The molecule has 0 spiro atoms. The minimum Gasteiger partial charge on any atom is -0.493 e. The van der Waals surface area contributed by atoms with Gasteiger partial charge in [0.1, 0.15) is 16.8 Å². The first-order valence-electron chi connectivity index (χ1n) is 5.19. The van der Waals surface area contributed by atoms with E-state index in [4.69, 9.17) is 14.7 Å². The van der Waals surface area contributed by atoms with Gasteiger partial charge in [0.25, 0.3) is 0 Å². The minimum absolute atomic E-state index is 0.0762. The molecule has 1 N–H and O–H groups in total. The highest BCUT2D eigenvalue weighted by molar-refractivity contribution is 7.89. The van der Waals surface area contributed by atoms with Gasteiger partial charge in [0.2, 0.25) is 10.0 Å². The van der Waals surface area contributed by atoms with Crippen LogP contribution in [0.5, 0.6) is 11.5 Å². The van der Waals surface area contributed by atoms with Gasteiger partial charge in [-0.3, -0.25) is 0 Å². The molecule has 104 valence electrons. The van der Waals surface area contributed by atoms with Crippen molar-refractivity contribution in [2.45, 2.75) is 17.9 Å². The Morgan fingerprint density at radius 1 is 1.32 bits per heavy atom. The van der Waals surface area contributed by atoms with E-state index >= 15 is 0 Å². The number of hydrogen-bond donors (Lipinski definition) is 1. The number of ether oxygens (including phenoxy) is 2. The number of methoxy groups -OCH3 is 2. The second-order valence-corrected chi connectivity index (χ2v) is 5.29. The highest BCUT2D eigenvalue weighted by atomic mass is 32.2. The molecule has 8 heteroatoms. The Bertz CT molecular complexity index is 610. The van der Waals surface area contributed by atoms with Crippen molar-refractivity contribution in [3.05, 3.63) is 17.9 Å². The molecule has 1 atom stereocenters. The van der Waals surface area contributed by atoms with Crippen molar-refractivity contribution in [3.63, 3.8) is 0 Å². The Balaban J connectivity index is 3.32. The molecule has 0 amide bonds. The number of nitrogens with one attached hydrogen (secondary N) is 1. The standard InChI is InChI=1S/C11H13FN2O4S/c1-7(6-13)14-19(15,16)11-5-10(18-3)9(17-2)4-8(11)12/h4-5,7,14H,1-3H3/t7-/m0/s1. The summed E-state index contributed by atoms with van der Waals surface area (Å²) >= 11 is 0. The van der Waals surface area contributed by atoms with Crippen molar-refractivity contribution in [1.82, 2.24) is 4.72 Å². The molecule has 0 bridgehead atoms. The van der Waals surface area contributed by atoms with Crippen molar-refractivity contribution >= 4 is 10.0 Å². The molecule has 0 aliphatic rings. The van der Waals surface area contributed by atoms with E-state index in [0.29, 0.717) is 0 Å². The molecule has 0 unspecified atom stereocenters. The molecule has 19 heavy (non-hydrogen) atoms. The molecular formula is C11H13FN2O4S. The molecule has 0 fully saturated rings. The van der Waals surface area contributed by atoms with Crippen LogP contribution in [0.4, 0.5) is 4.39 Å². The maximum absolute atomic E-state index is 13.8. The Labute approximate surface area is 110 Å². The average molecular weight is 288 g/mol. The predicted molar refractivity (Wildman–Crippen MR) is 64.9 cm³/mol. The van der Waals surface area contributed by atoms with Crippen molar-refractivity contribution in [2.24, 2.45) is 0 Å². The average Bonchev–Trinajstić information content (AvgIpc) is 2.37. The molecule has 0 aliphatic heterocycles. The Kier molecular flexibility index (Phi) is 4.69. The van der Waals surface area contributed by atoms with E-state index in [1.807, 2.05) is 4.72 Å². The zero-order valence-corrected chi connectivity index (χ0v) is 11.4. The molecule has 0 saturated heterocycles. The summed E-state index contributed by atoms with van der Waals surface area (Å²) in [7, 11) is -1.53. The zero-order chi connectivity index (χ0) is 14.6. The Morgan fingerprint density at radius 3 is 2.32 bits per heavy atom. The normalized spacial score (nSPS) is 12.6. The topological polar surface area (TPSA) is 88.4 Å². The Morgan fingerprint density at radius 2 is 1.84 bits per heavy atom. The van der Waals surface area contributed by atoms with Crippen LogP contribution in [-0.2, 0) is 10.0 Å². The molecule has 0 aromatic heterocycles. The van der Waals surface area contributed by atoms with Crippen LogP contribution >= 0.6 is 0 Å². The summed E-state index contributed by atoms with van der Waals surface area (Å²) in [6.45, 7) is 1.34. The summed E-state index contributed by atoms with van der Waals surface area (Å²) in [5.41, 5.74) is 0. The lowest BCUT2D eigenvalue weighted by molar-refractivity contribution is 0.350. The molecule has 0 radical (unpaired) electrons. The van der Waals surface area contributed by atoms with Gasteiger partial charge < -0.3 is 9.47 Å². The van der Waals surface area contributed by atoms with Gasteiger partial charge in [-0.05, 0) is 6.92 Å². The third kappa shape index (κ3) is 3.33. The van der Waals surface area contributed by atoms with Gasteiger partial charge in [-0.25, -0.2) is 12.8 Å². The quantitative estimate of drug-likeness (QED) is 0.874. The summed E-state index contributed by atoms with van der Waals surface area (Å²) in [6, 6.07) is 2.63. The summed E-state index contributed by atoms with van der Waals surface area (Å²) in [5, 5.41) is 8.58. The second-order valence-electron chi connectivity index (χ2n) is 3.61. The molecular weight excluding hydrogens is 275 g/mol. The third-order valence-electron chi connectivity index (χ3n) is 2.25. The van der Waals surface area contributed by atoms with Gasteiger partial charge in [0, 0.05) is 12.1 Å². The lowest BCUT2D eigenvalue weighted by atomic mass is 10.3. The fourth-order valence-corrected chi connectivity index (χ4v) is 2.59. The van der Waals surface area contributed by atoms with Crippen LogP contribution < -0.4 is 14.2 Å². The lowest BCUT2D eigenvalue weighted by Crippen LogP contribution is -2.32. The van der Waals surface area contributed by atoms with E-state index in [2.05, 4.69) is 0 Å². The van der Waals surface area contributed by atoms with E-state index in [0.717, 1.165) is 12.1 Å². The van der Waals surface area contributed by atoms with Crippen molar-refractivity contribution < 1.29 is 22.3 Å². The minimum atomic E-state index is -4.14. The van der Waals surface area contributed by atoms with Crippen LogP contribution in [0.25, 0.3) is 0 Å². The summed E-state index contributed by atoms with van der Waals surface area (Å²) in [5.74, 6) is -0.837. The van der Waals surface area contributed by atoms with Crippen LogP contribution in [0.15, 0.2) is 17.0 Å². The SMILES string of the molecule is COc1cc(F)c(S(=O)(=O)N[C@@H](C)C#N)cc1OC. The Hall–Kier alpha value is -1.85. The monoisotopic (exact) mass is 288 g/mol. The number of sulfonamides is 1. The summed E-state index contributed by atoms with van der Waals surface area (Å²) in [6.07, 6.45) is 0. The molecule has 1 aromatic carbocycles. The predicted octanol–water partition coefficient (Wildman–Crippen LogP) is 1.03.